The van der Waals surface area contributed by atoms with Gasteiger partial charge in [0.05, 0.1) is 6.42 Å². The molecule has 2 aromatic heterocycles. The number of alkyl halides is 3. The van der Waals surface area contributed by atoms with Gasteiger partial charge in [-0.1, -0.05) is 35.5 Å². The van der Waals surface area contributed by atoms with Crippen LogP contribution in [-0.2, 0) is 30.4 Å². The van der Waals surface area contributed by atoms with Crippen molar-refractivity contribution in [2.24, 2.45) is 0 Å². The van der Waals surface area contributed by atoms with Crippen LogP contribution in [0.4, 0.5) is 13.2 Å². The molecule has 0 saturated heterocycles. The fraction of sp³-hybridized carbons (Fsp3) is 0.278. The predicted molar refractivity (Wildman–Crippen MR) is 91.9 cm³/mol. The van der Waals surface area contributed by atoms with Gasteiger partial charge in [-0.05, 0) is 17.5 Å². The number of amides is 1. The predicted octanol–water partition coefficient (Wildman–Crippen LogP) is 3.94. The molecule has 0 saturated carbocycles. The quantitative estimate of drug-likeness (QED) is 0.676. The molecular weight excluding hydrogens is 379 g/mol. The second-order valence-electron chi connectivity index (χ2n) is 6.20. The minimum Gasteiger partial charge on any atom is -0.338 e. The van der Waals surface area contributed by atoms with E-state index in [1.54, 1.807) is 10.3 Å². The Bertz CT molecular complexity index is 966. The molecule has 0 aliphatic carbocycles. The van der Waals surface area contributed by atoms with E-state index in [1.807, 2.05) is 30.3 Å². The first kappa shape index (κ1) is 17.7. The lowest BCUT2D eigenvalue weighted by Crippen LogP contribution is -2.36. The van der Waals surface area contributed by atoms with Crippen molar-refractivity contribution < 1.29 is 22.5 Å². The van der Waals surface area contributed by atoms with E-state index in [0.717, 1.165) is 16.0 Å². The van der Waals surface area contributed by atoms with Crippen LogP contribution in [0.2, 0.25) is 0 Å². The zero-order chi connectivity index (χ0) is 19.0. The number of halogens is 3. The van der Waals surface area contributed by atoms with Crippen LogP contribution in [-0.4, -0.2) is 27.5 Å². The van der Waals surface area contributed by atoms with E-state index < -0.39 is 12.1 Å². The van der Waals surface area contributed by atoms with Crippen LogP contribution in [0.15, 0.2) is 40.2 Å². The highest BCUT2D eigenvalue weighted by atomic mass is 32.1. The summed E-state index contributed by atoms with van der Waals surface area (Å²) in [6.07, 6.45) is -3.74. The fourth-order valence-electron chi connectivity index (χ4n) is 3.04. The number of hydrogen-bond donors (Lipinski definition) is 0. The Labute approximate surface area is 156 Å². The lowest BCUT2D eigenvalue weighted by molar-refractivity contribution is -0.159. The van der Waals surface area contributed by atoms with Crippen LogP contribution in [0, 0.1) is 0 Å². The highest BCUT2D eigenvalue weighted by Crippen LogP contribution is 2.36. The average molecular weight is 393 g/mol. The van der Waals surface area contributed by atoms with Gasteiger partial charge in [-0.15, -0.1) is 11.3 Å². The summed E-state index contributed by atoms with van der Waals surface area (Å²) in [6.45, 7) is 0.911. The van der Waals surface area contributed by atoms with Crippen molar-refractivity contribution in [3.63, 3.8) is 0 Å². The van der Waals surface area contributed by atoms with Gasteiger partial charge in [0.15, 0.2) is 0 Å². The third-order valence-electron chi connectivity index (χ3n) is 4.40. The molecule has 9 heteroatoms. The average Bonchev–Trinajstić information content (AvgIpc) is 3.28. The molecule has 1 aliphatic rings. The van der Waals surface area contributed by atoms with E-state index >= 15 is 0 Å². The first-order chi connectivity index (χ1) is 12.9. The maximum atomic E-state index is 12.7. The third kappa shape index (κ3) is 3.59. The Balaban J connectivity index is 1.55. The summed E-state index contributed by atoms with van der Waals surface area (Å²) < 4.78 is 42.5. The molecule has 3 heterocycles. The number of benzene rings is 1. The van der Waals surface area contributed by atoms with Gasteiger partial charge in [-0.2, -0.15) is 18.2 Å². The monoisotopic (exact) mass is 393 g/mol. The molecule has 3 aromatic rings. The van der Waals surface area contributed by atoms with E-state index in [2.05, 4.69) is 14.7 Å². The van der Waals surface area contributed by atoms with Gasteiger partial charge < -0.3 is 9.42 Å². The van der Waals surface area contributed by atoms with Gasteiger partial charge in [0, 0.05) is 28.9 Å². The minimum atomic E-state index is -4.68. The summed E-state index contributed by atoms with van der Waals surface area (Å²) in [5, 5.41) is 5.19. The summed E-state index contributed by atoms with van der Waals surface area (Å²) in [6, 6.07) is 9.42. The van der Waals surface area contributed by atoms with E-state index in [-0.39, 0.29) is 18.2 Å². The smallest absolute Gasteiger partial charge is 0.338 e. The van der Waals surface area contributed by atoms with Crippen molar-refractivity contribution in [1.82, 2.24) is 15.0 Å². The van der Waals surface area contributed by atoms with Crippen LogP contribution in [0.5, 0.6) is 0 Å². The van der Waals surface area contributed by atoms with Gasteiger partial charge in [0.1, 0.15) is 0 Å². The Morgan fingerprint density at radius 2 is 2.04 bits per heavy atom. The van der Waals surface area contributed by atoms with Crippen molar-refractivity contribution in [2.45, 2.75) is 25.6 Å². The van der Waals surface area contributed by atoms with Gasteiger partial charge in [0.25, 0.3) is 0 Å². The lowest BCUT2D eigenvalue weighted by Gasteiger charge is -2.27. The van der Waals surface area contributed by atoms with Gasteiger partial charge in [0.2, 0.25) is 11.7 Å². The van der Waals surface area contributed by atoms with Crippen LogP contribution >= 0.6 is 11.3 Å². The zero-order valence-corrected chi connectivity index (χ0v) is 14.8. The van der Waals surface area contributed by atoms with Gasteiger partial charge in [-0.25, -0.2) is 0 Å². The maximum absolute atomic E-state index is 12.7. The molecule has 0 spiro atoms. The molecule has 1 aliphatic heterocycles. The number of aromatic nitrogens is 2. The summed E-state index contributed by atoms with van der Waals surface area (Å²) in [5.74, 6) is -1.49. The molecule has 140 valence electrons. The Morgan fingerprint density at radius 3 is 2.74 bits per heavy atom. The Kier molecular flexibility index (Phi) is 4.47. The molecule has 0 unspecified atom stereocenters. The third-order valence-corrected chi connectivity index (χ3v) is 5.49. The molecule has 1 amide bonds. The van der Waals surface area contributed by atoms with Crippen LogP contribution in [0.1, 0.15) is 21.9 Å². The minimum absolute atomic E-state index is 0.0203. The second-order valence-corrected chi connectivity index (χ2v) is 7.16. The number of nitrogens with zero attached hydrogens (tertiary/aromatic N) is 3. The number of carbonyl (C=O) groups excluding carboxylic acids is 1. The first-order valence-corrected chi connectivity index (χ1v) is 9.12. The number of hydrogen-bond acceptors (Lipinski definition) is 5. The lowest BCUT2D eigenvalue weighted by atomic mass is 10.0. The molecule has 0 N–H and O–H groups in total. The SMILES string of the molecule is O=C(Cc1ccccc1)N1CCc2scc(-c3noc(C(F)(F)F)n3)c2C1. The van der Waals surface area contributed by atoms with Crippen molar-refractivity contribution >= 4 is 17.2 Å². The maximum Gasteiger partial charge on any atom is 0.471 e. The van der Waals surface area contributed by atoms with E-state index in [9.17, 15) is 18.0 Å². The molecular formula is C18H14F3N3O2S. The zero-order valence-electron chi connectivity index (χ0n) is 14.0. The Hall–Kier alpha value is -2.68. The van der Waals surface area contributed by atoms with Crippen molar-refractivity contribution in [1.29, 1.82) is 0 Å². The molecule has 27 heavy (non-hydrogen) atoms. The Morgan fingerprint density at radius 1 is 1.26 bits per heavy atom. The second kappa shape index (κ2) is 6.80. The van der Waals surface area contributed by atoms with E-state index in [0.29, 0.717) is 25.1 Å². The highest BCUT2D eigenvalue weighted by molar-refractivity contribution is 7.10. The largest absolute Gasteiger partial charge is 0.471 e. The summed E-state index contributed by atoms with van der Waals surface area (Å²) in [5.41, 5.74) is 2.21. The van der Waals surface area contributed by atoms with E-state index in [4.69, 9.17) is 0 Å². The number of fused-ring (bicyclic) bond motifs is 1. The van der Waals surface area contributed by atoms with Gasteiger partial charge in [-0.3, -0.25) is 4.79 Å². The number of thiophene rings is 1. The van der Waals surface area contributed by atoms with Crippen molar-refractivity contribution in [3.05, 3.63) is 57.6 Å². The van der Waals surface area contributed by atoms with Crippen molar-refractivity contribution in [2.75, 3.05) is 6.54 Å². The molecule has 1 aromatic carbocycles. The first-order valence-electron chi connectivity index (χ1n) is 8.24. The van der Waals surface area contributed by atoms with Crippen LogP contribution in [0.3, 0.4) is 0 Å². The molecule has 0 bridgehead atoms. The molecule has 0 radical (unpaired) electrons. The number of carbonyl (C=O) groups is 1. The van der Waals surface area contributed by atoms with E-state index in [1.165, 1.54) is 11.3 Å². The van der Waals surface area contributed by atoms with Gasteiger partial charge >= 0.3 is 12.1 Å². The normalized spacial score (nSPS) is 14.3. The standard InChI is InChI=1S/C18H14F3N3O2S/c19-18(20,21)17-22-16(23-26-17)13-10-27-14-6-7-24(9-12(13)14)15(25)8-11-4-2-1-3-5-11/h1-5,10H,6-9H2. The topological polar surface area (TPSA) is 59.2 Å². The summed E-state index contributed by atoms with van der Waals surface area (Å²) in [7, 11) is 0. The fourth-order valence-corrected chi connectivity index (χ4v) is 4.08. The van der Waals surface area contributed by atoms with Crippen LogP contribution < -0.4 is 0 Å². The highest BCUT2D eigenvalue weighted by Gasteiger charge is 2.39. The summed E-state index contributed by atoms with van der Waals surface area (Å²) >= 11 is 1.44. The molecule has 0 fully saturated rings. The summed E-state index contributed by atoms with van der Waals surface area (Å²) in [4.78, 5) is 18.8. The molecule has 5 nitrogen and oxygen atoms in total. The molecule has 4 rings (SSSR count). The van der Waals surface area contributed by atoms with Crippen molar-refractivity contribution in [3.8, 4) is 11.4 Å². The number of rotatable bonds is 3. The molecule has 0 atom stereocenters. The van der Waals surface area contributed by atoms with Crippen LogP contribution in [0.25, 0.3) is 11.4 Å².